The van der Waals surface area contributed by atoms with Crippen molar-refractivity contribution in [3.63, 3.8) is 0 Å². The van der Waals surface area contributed by atoms with Gasteiger partial charge in [-0.25, -0.2) is 14.5 Å². The summed E-state index contributed by atoms with van der Waals surface area (Å²) in [7, 11) is -13.9. The average Bonchev–Trinajstić information content (AvgIpc) is 2.96. The van der Waals surface area contributed by atoms with Crippen molar-refractivity contribution in [2.24, 2.45) is 5.10 Å². The Hall–Kier alpha value is 1.42. The summed E-state index contributed by atoms with van der Waals surface area (Å²) in [4.78, 5) is 53.4. The maximum Gasteiger partial charge on any atom is 1.00 e. The van der Waals surface area contributed by atoms with Gasteiger partial charge in [0.2, 0.25) is 0 Å². The number of nitro groups is 1. The summed E-state index contributed by atoms with van der Waals surface area (Å²) in [5.41, 5.74) is -0.127. The van der Waals surface area contributed by atoms with Crippen molar-refractivity contribution < 1.29 is 107 Å². The van der Waals surface area contributed by atoms with Crippen molar-refractivity contribution >= 4 is 81.1 Å². The normalized spacial score (nSPS) is 15.8. The van der Waals surface area contributed by atoms with Crippen LogP contribution in [0.3, 0.4) is 0 Å². The molecule has 0 heterocycles. The van der Waals surface area contributed by atoms with Gasteiger partial charge in [0.25, 0.3) is 0 Å². The number of nitrogens with zero attached hydrogens (tertiary/aromatic N) is 5. The Bertz CT molecular complexity index is 1250. The number of aliphatic hydroxyl groups is 1. The number of hydrogen-bond donors (Lipinski definition) is 4. The van der Waals surface area contributed by atoms with Crippen molar-refractivity contribution in [2.45, 2.75) is 17.9 Å². The molecule has 0 spiro atoms. The third kappa shape index (κ3) is 15.8. The minimum absolute atomic E-state index is 0. The van der Waals surface area contributed by atoms with Crippen LogP contribution < -0.4 is 78.8 Å². The van der Waals surface area contributed by atoms with E-state index in [9.17, 15) is 38.7 Å². The van der Waals surface area contributed by atoms with Gasteiger partial charge in [0.1, 0.15) is 0 Å². The minimum atomic E-state index is -5.88. The Balaban J connectivity index is 0. The second-order valence-electron chi connectivity index (χ2n) is 9.62. The van der Waals surface area contributed by atoms with Gasteiger partial charge in [-0.15, -0.1) is 46.4 Å². The minimum Gasteiger partial charge on any atom is -0.776 e. The van der Waals surface area contributed by atoms with Gasteiger partial charge in [0.05, 0.1) is 17.7 Å². The van der Waals surface area contributed by atoms with Crippen LogP contribution in [0.25, 0.3) is 0 Å². The van der Waals surface area contributed by atoms with E-state index in [0.717, 1.165) is 0 Å². The first kappa shape index (κ1) is 51.5. The van der Waals surface area contributed by atoms with E-state index in [1.54, 1.807) is 9.34 Å². The molecule has 26 heteroatoms. The van der Waals surface area contributed by atoms with E-state index in [1.807, 2.05) is 0 Å². The van der Waals surface area contributed by atoms with E-state index < -0.39 is 44.9 Å². The van der Waals surface area contributed by atoms with Gasteiger partial charge in [-0.2, -0.15) is 5.10 Å². The molecule has 0 amide bonds. The van der Waals surface area contributed by atoms with Crippen LogP contribution in [0.15, 0.2) is 23.3 Å². The summed E-state index contributed by atoms with van der Waals surface area (Å²) in [5.74, 6) is 0.523. The number of nitrogens with one attached hydrogen (secondary N) is 1. The molecule has 1 aromatic rings. The van der Waals surface area contributed by atoms with Crippen LogP contribution in [0.5, 0.6) is 5.75 Å². The molecule has 0 aliphatic heterocycles. The van der Waals surface area contributed by atoms with E-state index >= 15 is 0 Å². The Labute approximate surface area is 343 Å². The number of ether oxygens (including phenoxy) is 1. The number of hydrogen-bond acceptors (Lipinski definition) is 11. The monoisotopic (exact) mass is 840 g/mol. The van der Waals surface area contributed by atoms with E-state index in [4.69, 9.17) is 60.9 Å². The van der Waals surface area contributed by atoms with Gasteiger partial charge in [0, 0.05) is 80.8 Å². The molecule has 48 heavy (non-hydrogen) atoms. The molecule has 17 nitrogen and oxygen atoms in total. The number of halogens is 4. The van der Waals surface area contributed by atoms with E-state index in [0.29, 0.717) is 0 Å². The molecule has 1 aromatic carbocycles. The molecule has 2 unspecified atom stereocenters. The molecule has 2 atom stereocenters. The zero-order valence-corrected chi connectivity index (χ0v) is 36.4. The van der Waals surface area contributed by atoms with Crippen LogP contribution in [0.4, 0.5) is 5.69 Å². The zero-order chi connectivity index (χ0) is 35.2. The van der Waals surface area contributed by atoms with E-state index in [2.05, 4.69) is 10.3 Å². The van der Waals surface area contributed by atoms with Gasteiger partial charge < -0.3 is 43.4 Å². The number of rotatable bonds is 24. The Morgan fingerprint density at radius 1 is 0.938 bits per heavy atom. The molecule has 0 fully saturated rings. The zero-order valence-electron chi connectivity index (χ0n) is 26.7. The second kappa shape index (κ2) is 24.7. The number of nitro benzene ring substituents is 1. The Morgan fingerprint density at radius 2 is 1.42 bits per heavy atom. The maximum absolute atomic E-state index is 14.1. The largest absolute Gasteiger partial charge is 1.00 e. The van der Waals surface area contributed by atoms with Crippen LogP contribution in [-0.2, 0) is 13.7 Å². The van der Waals surface area contributed by atoms with Gasteiger partial charge in [0.15, 0.2) is 26.0 Å². The molecule has 4 N–H and O–H groups in total. The molecule has 0 bridgehead atoms. The van der Waals surface area contributed by atoms with Gasteiger partial charge in [-0.1, -0.05) is 0 Å². The van der Waals surface area contributed by atoms with Crippen LogP contribution in [0.1, 0.15) is 18.4 Å². The number of alkyl halides is 4. The van der Waals surface area contributed by atoms with Gasteiger partial charge >= 0.3 is 72.4 Å². The smallest absolute Gasteiger partial charge is 0.776 e. The molecule has 0 aromatic heterocycles. The molecule has 0 saturated heterocycles. The fraction of sp³-hybridized carbons (Fsp3) is 0.682. The molecular weight excluding hydrogens is 805 g/mol. The molecule has 0 saturated carbocycles. The van der Waals surface area contributed by atoms with E-state index in [1.165, 1.54) is 36.4 Å². The quantitative estimate of drug-likeness (QED) is 0.0148. The van der Waals surface area contributed by atoms with Crippen molar-refractivity contribution in [1.29, 1.82) is 0 Å². The standard InChI is InChI=1S/C22H39Cl4N6O11P3.2Na/c1-29(11-5-22(33,44(36,37)38)45(39,40)41)10-2-16-43-21-4-3-19(17-20(21)32(34)35)18-27-28-46(42,30(12-6-23)13-7-24)31(14-8-25)15-9-26;;/h3-4,17-18,33H,2,5-16H2,1H3,(H,28,42)(H2,36,37,38)(H2,39,40,41);;/q;2*+1/p-2/b27-18+;;. The SMILES string of the molecule is CN(CCCOc1ccc(/C=N/NP(=O)(N(CCCl)CCCl)N(CCCl)CCCl)cc1[N+](=O)[O-])CCC(O)(P(=O)([O-])O)P(=O)([O-])O.[Na+].[Na+]. The summed E-state index contributed by atoms with van der Waals surface area (Å²) in [5, 5.41) is 24.6. The molecule has 266 valence electrons. The van der Waals surface area contributed by atoms with Crippen molar-refractivity contribution in [3.05, 3.63) is 33.9 Å². The van der Waals surface area contributed by atoms with E-state index in [-0.39, 0.29) is 146 Å². The van der Waals surface area contributed by atoms with Crippen LogP contribution >= 0.6 is 69.2 Å². The van der Waals surface area contributed by atoms with Gasteiger partial charge in [-0.05, 0) is 25.6 Å². The average molecular weight is 842 g/mol. The van der Waals surface area contributed by atoms with Crippen molar-refractivity contribution in [1.82, 2.24) is 19.4 Å². The Morgan fingerprint density at radius 3 is 1.83 bits per heavy atom. The van der Waals surface area contributed by atoms with Crippen molar-refractivity contribution in [3.8, 4) is 5.75 Å². The van der Waals surface area contributed by atoms with Crippen molar-refractivity contribution in [2.75, 3.05) is 76.4 Å². The third-order valence-corrected chi connectivity index (χ3v) is 13.6. The fourth-order valence-electron chi connectivity index (χ4n) is 3.93. The Kier molecular flexibility index (Phi) is 26.5. The summed E-state index contributed by atoms with van der Waals surface area (Å²) < 4.78 is 45.5. The van der Waals surface area contributed by atoms with Crippen LogP contribution in [0.2, 0.25) is 0 Å². The molecule has 0 aliphatic rings. The number of benzene rings is 1. The number of hydrazone groups is 1. The molecule has 0 aliphatic carbocycles. The predicted molar refractivity (Wildman–Crippen MR) is 174 cm³/mol. The van der Waals surface area contributed by atoms with Gasteiger partial charge in [-0.3, -0.25) is 14.7 Å². The molecular formula is C22H37Cl4N6Na2O11P3. The predicted octanol–water partition coefficient (Wildman–Crippen LogP) is -3.98. The third-order valence-electron chi connectivity index (χ3n) is 6.39. The molecule has 1 rings (SSSR count). The summed E-state index contributed by atoms with van der Waals surface area (Å²) in [6.45, 7) is 0.567. The molecule has 0 radical (unpaired) electrons. The second-order valence-corrected chi connectivity index (χ2v) is 17.5. The fourth-order valence-corrected chi connectivity index (χ4v) is 9.56. The summed E-state index contributed by atoms with van der Waals surface area (Å²) in [6, 6.07) is 4.00. The maximum atomic E-state index is 14.1. The van der Waals surface area contributed by atoms with Crippen LogP contribution in [0, 0.1) is 10.1 Å². The summed E-state index contributed by atoms with van der Waals surface area (Å²) in [6.07, 6.45) is 0.421. The first-order chi connectivity index (χ1) is 21.4. The van der Waals surface area contributed by atoms with Crippen LogP contribution in [-0.4, -0.2) is 122 Å². The first-order valence-electron chi connectivity index (χ1n) is 13.5. The first-order valence-corrected chi connectivity index (χ1v) is 20.4. The summed E-state index contributed by atoms with van der Waals surface area (Å²) >= 11 is 23.7. The topological polar surface area (TPSA) is 244 Å².